The minimum atomic E-state index is -0.255. The van der Waals surface area contributed by atoms with Crippen LogP contribution in [0.15, 0.2) is 59.0 Å². The van der Waals surface area contributed by atoms with E-state index in [2.05, 4.69) is 29.4 Å². The Kier molecular flexibility index (Phi) is 4.50. The van der Waals surface area contributed by atoms with Gasteiger partial charge in [-0.05, 0) is 47.9 Å². The van der Waals surface area contributed by atoms with E-state index >= 15 is 0 Å². The second-order valence-electron chi connectivity index (χ2n) is 6.40. The molecule has 27 heavy (non-hydrogen) atoms. The maximum Gasteiger partial charge on any atom is 0.287 e. The summed E-state index contributed by atoms with van der Waals surface area (Å²) >= 11 is 0. The first kappa shape index (κ1) is 17.1. The van der Waals surface area contributed by atoms with Gasteiger partial charge in [0.05, 0.1) is 12.6 Å². The molecule has 0 aliphatic carbocycles. The van der Waals surface area contributed by atoms with E-state index < -0.39 is 0 Å². The number of hydrogen-bond acceptors (Lipinski definition) is 4. The summed E-state index contributed by atoms with van der Waals surface area (Å²) in [4.78, 5) is 16.9. The average molecular weight is 360 g/mol. The first-order valence-corrected chi connectivity index (χ1v) is 8.90. The van der Waals surface area contributed by atoms with E-state index in [1.807, 2.05) is 36.4 Å². The van der Waals surface area contributed by atoms with Crippen LogP contribution in [0.25, 0.3) is 22.0 Å². The molecule has 2 aromatic heterocycles. The van der Waals surface area contributed by atoms with Gasteiger partial charge in [0.25, 0.3) is 5.91 Å². The molecule has 5 nitrogen and oxygen atoms in total. The molecule has 0 spiro atoms. The van der Waals surface area contributed by atoms with Crippen LogP contribution in [-0.4, -0.2) is 18.0 Å². The number of pyridine rings is 1. The number of carbonyl (C=O) groups excluding carboxylic acids is 1. The van der Waals surface area contributed by atoms with Crippen molar-refractivity contribution in [3.05, 3.63) is 71.5 Å². The second kappa shape index (κ2) is 7.11. The molecule has 4 rings (SSSR count). The van der Waals surface area contributed by atoms with E-state index in [1.54, 1.807) is 13.2 Å². The predicted molar refractivity (Wildman–Crippen MR) is 105 cm³/mol. The van der Waals surface area contributed by atoms with Crippen molar-refractivity contribution in [1.29, 1.82) is 0 Å². The fourth-order valence-electron chi connectivity index (χ4n) is 3.01. The van der Waals surface area contributed by atoms with Crippen molar-refractivity contribution in [2.24, 2.45) is 0 Å². The van der Waals surface area contributed by atoms with Crippen LogP contribution in [0.5, 0.6) is 5.75 Å². The Hall–Kier alpha value is -3.34. The summed E-state index contributed by atoms with van der Waals surface area (Å²) in [5.74, 6) is 0.762. The van der Waals surface area contributed by atoms with E-state index in [4.69, 9.17) is 9.15 Å². The molecule has 2 aromatic carbocycles. The number of furan rings is 1. The number of hydrogen-bond donors (Lipinski definition) is 1. The van der Waals surface area contributed by atoms with Crippen molar-refractivity contribution in [2.45, 2.75) is 19.9 Å². The van der Waals surface area contributed by atoms with E-state index in [0.717, 1.165) is 34.0 Å². The lowest BCUT2D eigenvalue weighted by Gasteiger charge is -2.04. The van der Waals surface area contributed by atoms with E-state index in [0.29, 0.717) is 12.3 Å². The maximum absolute atomic E-state index is 12.5. The topological polar surface area (TPSA) is 64.4 Å². The van der Waals surface area contributed by atoms with Gasteiger partial charge < -0.3 is 14.5 Å². The molecule has 0 aliphatic heterocycles. The summed E-state index contributed by atoms with van der Waals surface area (Å²) < 4.78 is 10.9. The SMILES string of the molecule is CCc1ccc(CNC(=O)c2cc3cc4cc(OC)ccc4nc3o2)cc1. The number of benzene rings is 2. The highest BCUT2D eigenvalue weighted by Gasteiger charge is 2.14. The van der Waals surface area contributed by atoms with Crippen molar-refractivity contribution in [2.75, 3.05) is 7.11 Å². The van der Waals surface area contributed by atoms with Crippen LogP contribution in [0.1, 0.15) is 28.6 Å². The molecule has 1 N–H and O–H groups in total. The summed E-state index contributed by atoms with van der Waals surface area (Å²) in [6.07, 6.45) is 0.999. The first-order valence-electron chi connectivity index (χ1n) is 8.90. The second-order valence-corrected chi connectivity index (χ2v) is 6.40. The number of ether oxygens (including phenoxy) is 1. The third-order valence-corrected chi connectivity index (χ3v) is 4.62. The molecule has 0 unspecified atom stereocenters. The van der Waals surface area contributed by atoms with Crippen molar-refractivity contribution in [3.63, 3.8) is 0 Å². The Morgan fingerprint density at radius 2 is 1.81 bits per heavy atom. The molecule has 0 saturated heterocycles. The summed E-state index contributed by atoms with van der Waals surface area (Å²) in [6.45, 7) is 2.57. The normalized spacial score (nSPS) is 11.0. The van der Waals surface area contributed by atoms with Crippen LogP contribution in [0.3, 0.4) is 0 Å². The fraction of sp³-hybridized carbons (Fsp3) is 0.182. The number of fused-ring (bicyclic) bond motifs is 2. The number of carbonyl (C=O) groups is 1. The van der Waals surface area contributed by atoms with Gasteiger partial charge in [0, 0.05) is 17.3 Å². The van der Waals surface area contributed by atoms with Gasteiger partial charge in [0.1, 0.15) is 5.75 Å². The van der Waals surface area contributed by atoms with Crippen molar-refractivity contribution in [1.82, 2.24) is 10.3 Å². The molecule has 4 aromatic rings. The largest absolute Gasteiger partial charge is 0.497 e. The van der Waals surface area contributed by atoms with Gasteiger partial charge in [-0.1, -0.05) is 31.2 Å². The number of nitrogens with zero attached hydrogens (tertiary/aromatic N) is 1. The van der Waals surface area contributed by atoms with Gasteiger partial charge in [-0.15, -0.1) is 0 Å². The maximum atomic E-state index is 12.5. The molecule has 5 heteroatoms. The average Bonchev–Trinajstić information content (AvgIpc) is 3.13. The van der Waals surface area contributed by atoms with Crippen LogP contribution in [0.2, 0.25) is 0 Å². The summed E-state index contributed by atoms with van der Waals surface area (Å²) in [5.41, 5.74) is 3.57. The Morgan fingerprint density at radius 1 is 1.04 bits per heavy atom. The molecule has 0 saturated carbocycles. The molecular weight excluding hydrogens is 340 g/mol. The van der Waals surface area contributed by atoms with Crippen LogP contribution in [-0.2, 0) is 13.0 Å². The lowest BCUT2D eigenvalue weighted by molar-refractivity contribution is 0.0925. The minimum absolute atomic E-state index is 0.255. The number of nitrogens with one attached hydrogen (secondary N) is 1. The van der Waals surface area contributed by atoms with Crippen molar-refractivity contribution >= 4 is 27.9 Å². The molecule has 0 atom stereocenters. The van der Waals surface area contributed by atoms with Crippen LogP contribution in [0.4, 0.5) is 0 Å². The van der Waals surface area contributed by atoms with E-state index in [-0.39, 0.29) is 11.7 Å². The van der Waals surface area contributed by atoms with Gasteiger partial charge in [-0.3, -0.25) is 4.79 Å². The molecule has 0 bridgehead atoms. The smallest absolute Gasteiger partial charge is 0.287 e. The van der Waals surface area contributed by atoms with Crippen molar-refractivity contribution < 1.29 is 13.9 Å². The number of rotatable bonds is 5. The summed E-state index contributed by atoms with van der Waals surface area (Å²) in [6, 6.07) is 17.5. The Labute approximate surface area is 157 Å². The first-order chi connectivity index (χ1) is 13.2. The van der Waals surface area contributed by atoms with Gasteiger partial charge in [-0.25, -0.2) is 4.98 Å². The highest BCUT2D eigenvalue weighted by molar-refractivity contribution is 5.98. The quantitative estimate of drug-likeness (QED) is 0.570. The molecule has 136 valence electrons. The Balaban J connectivity index is 1.55. The Morgan fingerprint density at radius 3 is 2.56 bits per heavy atom. The third-order valence-electron chi connectivity index (χ3n) is 4.62. The van der Waals surface area contributed by atoms with Gasteiger partial charge >= 0.3 is 0 Å². The molecule has 0 fully saturated rings. The fourth-order valence-corrected chi connectivity index (χ4v) is 3.01. The minimum Gasteiger partial charge on any atom is -0.497 e. The monoisotopic (exact) mass is 360 g/mol. The summed E-state index contributed by atoms with van der Waals surface area (Å²) in [5, 5.41) is 4.61. The number of aromatic nitrogens is 1. The zero-order chi connectivity index (χ0) is 18.8. The summed E-state index contributed by atoms with van der Waals surface area (Å²) in [7, 11) is 1.63. The van der Waals surface area contributed by atoms with Gasteiger partial charge in [-0.2, -0.15) is 0 Å². The van der Waals surface area contributed by atoms with Crippen LogP contribution >= 0.6 is 0 Å². The Bertz CT molecular complexity index is 1110. The number of amides is 1. The number of aryl methyl sites for hydroxylation is 1. The molecule has 2 heterocycles. The van der Waals surface area contributed by atoms with Gasteiger partial charge in [0.2, 0.25) is 5.71 Å². The highest BCUT2D eigenvalue weighted by atomic mass is 16.5. The lowest BCUT2D eigenvalue weighted by Crippen LogP contribution is -2.22. The van der Waals surface area contributed by atoms with Crippen LogP contribution < -0.4 is 10.1 Å². The standard InChI is InChI=1S/C22H20N2O3/c1-3-14-4-6-15(7-5-14)13-23-21(25)20-12-17-10-16-11-18(26-2)8-9-19(16)24-22(17)27-20/h4-12H,3,13H2,1-2H3,(H,23,25). The van der Waals surface area contributed by atoms with E-state index in [9.17, 15) is 4.79 Å². The lowest BCUT2D eigenvalue weighted by atomic mass is 10.1. The molecule has 0 radical (unpaired) electrons. The zero-order valence-electron chi connectivity index (χ0n) is 15.3. The molecular formula is C22H20N2O3. The molecule has 1 amide bonds. The predicted octanol–water partition coefficient (Wildman–Crippen LogP) is 4.48. The van der Waals surface area contributed by atoms with Gasteiger partial charge in [0.15, 0.2) is 5.76 Å². The highest BCUT2D eigenvalue weighted by Crippen LogP contribution is 2.25. The number of methoxy groups -OCH3 is 1. The van der Waals surface area contributed by atoms with Crippen LogP contribution in [0, 0.1) is 0 Å². The third kappa shape index (κ3) is 3.49. The van der Waals surface area contributed by atoms with Crippen molar-refractivity contribution in [3.8, 4) is 5.75 Å². The zero-order valence-corrected chi connectivity index (χ0v) is 15.3. The molecule has 0 aliphatic rings. The van der Waals surface area contributed by atoms with E-state index in [1.165, 1.54) is 5.56 Å².